The van der Waals surface area contributed by atoms with Crippen LogP contribution in [0.15, 0.2) is 41.6 Å². The van der Waals surface area contributed by atoms with E-state index in [4.69, 9.17) is 14.3 Å². The Bertz CT molecular complexity index is 1610. The summed E-state index contributed by atoms with van der Waals surface area (Å²) in [5.41, 5.74) is -0.755. The number of hydrogen-bond acceptors (Lipinski definition) is 10. The van der Waals surface area contributed by atoms with E-state index in [0.717, 1.165) is 44.1 Å². The summed E-state index contributed by atoms with van der Waals surface area (Å²) in [7, 11) is -2.31. The highest BCUT2D eigenvalue weighted by Gasteiger charge is 2.62. The number of nitrogens with zero attached hydrogens (tertiary/aromatic N) is 2. The first-order valence-electron chi connectivity index (χ1n) is 17.7. The van der Waals surface area contributed by atoms with Gasteiger partial charge in [0.15, 0.2) is 0 Å². The molecule has 2 heterocycles. The van der Waals surface area contributed by atoms with Crippen LogP contribution in [0.1, 0.15) is 89.0 Å². The predicted molar refractivity (Wildman–Crippen MR) is 183 cm³/mol. The number of ether oxygens (including phenoxy) is 2. The Morgan fingerprint density at radius 1 is 1.04 bits per heavy atom. The first-order valence-corrected chi connectivity index (χ1v) is 19.3. The molecular weight excluding hydrogens is 666 g/mol. The normalized spacial score (nSPS) is 29.9. The van der Waals surface area contributed by atoms with Crippen LogP contribution >= 0.6 is 0 Å². The van der Waals surface area contributed by atoms with Crippen molar-refractivity contribution in [2.75, 3.05) is 13.7 Å². The number of amides is 4. The minimum absolute atomic E-state index is 0.000804. The molecule has 272 valence electrons. The van der Waals surface area contributed by atoms with Gasteiger partial charge in [0, 0.05) is 12.3 Å². The van der Waals surface area contributed by atoms with E-state index in [-0.39, 0.29) is 25.5 Å². The van der Waals surface area contributed by atoms with E-state index in [1.165, 1.54) is 11.1 Å². The molecule has 5 aliphatic rings. The average molecular weight is 714 g/mol. The molecule has 6 rings (SSSR count). The van der Waals surface area contributed by atoms with Crippen molar-refractivity contribution in [1.29, 1.82) is 0 Å². The van der Waals surface area contributed by atoms with E-state index < -0.39 is 68.7 Å². The van der Waals surface area contributed by atoms with Crippen LogP contribution in [0.2, 0.25) is 0 Å². The van der Waals surface area contributed by atoms with Crippen molar-refractivity contribution in [1.82, 2.24) is 20.3 Å². The van der Waals surface area contributed by atoms with Crippen molar-refractivity contribution in [3.8, 4) is 5.75 Å². The zero-order valence-corrected chi connectivity index (χ0v) is 29.2. The largest absolute Gasteiger partial charge is 0.497 e. The minimum Gasteiger partial charge on any atom is -0.497 e. The van der Waals surface area contributed by atoms with Crippen LogP contribution in [-0.4, -0.2) is 92.1 Å². The second-order valence-electron chi connectivity index (χ2n) is 14.0. The zero-order chi connectivity index (χ0) is 35.3. The zero-order valence-electron chi connectivity index (χ0n) is 28.4. The maximum atomic E-state index is 14.3. The van der Waals surface area contributed by atoms with E-state index in [9.17, 15) is 27.6 Å². The predicted octanol–water partition coefficient (Wildman–Crippen LogP) is 3.06. The maximum absolute atomic E-state index is 14.3. The number of hydrogen-bond donors (Lipinski definition) is 3. The third kappa shape index (κ3) is 8.59. The third-order valence-electron chi connectivity index (χ3n) is 10.2. The van der Waals surface area contributed by atoms with Gasteiger partial charge in [0.25, 0.3) is 5.91 Å². The van der Waals surface area contributed by atoms with E-state index in [2.05, 4.69) is 20.5 Å². The van der Waals surface area contributed by atoms with Gasteiger partial charge in [0.1, 0.15) is 35.6 Å². The van der Waals surface area contributed by atoms with Crippen LogP contribution in [0.25, 0.3) is 0 Å². The summed E-state index contributed by atoms with van der Waals surface area (Å²) in [4.78, 5) is 62.1. The topological polar surface area (TPSA) is 182 Å². The number of sulfonamides is 1. The van der Waals surface area contributed by atoms with Crippen LogP contribution in [-0.2, 0) is 34.0 Å². The maximum Gasteiger partial charge on any atom is 0.408 e. The Morgan fingerprint density at radius 2 is 1.82 bits per heavy atom. The molecule has 3 aliphatic carbocycles. The monoisotopic (exact) mass is 713 g/mol. The Morgan fingerprint density at radius 3 is 2.58 bits per heavy atom. The lowest BCUT2D eigenvalue weighted by molar-refractivity contribution is -0.141. The molecule has 0 aromatic heterocycles. The van der Waals surface area contributed by atoms with Crippen LogP contribution in [0.3, 0.4) is 0 Å². The Labute approximate surface area is 292 Å². The van der Waals surface area contributed by atoms with Crippen molar-refractivity contribution < 1.29 is 41.9 Å². The van der Waals surface area contributed by atoms with E-state index in [1.807, 2.05) is 24.3 Å². The van der Waals surface area contributed by atoms with Gasteiger partial charge in [-0.25, -0.2) is 13.2 Å². The van der Waals surface area contributed by atoms with E-state index in [1.54, 1.807) is 19.2 Å². The molecule has 50 heavy (non-hydrogen) atoms. The summed E-state index contributed by atoms with van der Waals surface area (Å²) in [6.07, 6.45) is 11.9. The molecule has 0 radical (unpaired) electrons. The molecule has 4 fully saturated rings. The molecular formula is C35H47N5O9S. The van der Waals surface area contributed by atoms with Gasteiger partial charge in [-0.05, 0) is 81.9 Å². The fraction of sp³-hybridized carbons (Fsp3) is 0.629. The Balaban J connectivity index is 1.23. The number of benzene rings is 1. The van der Waals surface area contributed by atoms with Gasteiger partial charge in [-0.3, -0.25) is 19.1 Å². The van der Waals surface area contributed by atoms with Crippen LogP contribution in [0.4, 0.5) is 4.79 Å². The number of allylic oxidation sites excluding steroid dienone is 1. The number of carbonyl (C=O) groups excluding carboxylic acids is 4. The van der Waals surface area contributed by atoms with Crippen molar-refractivity contribution in [3.63, 3.8) is 0 Å². The summed E-state index contributed by atoms with van der Waals surface area (Å²) < 4.78 is 38.6. The van der Waals surface area contributed by atoms with Gasteiger partial charge < -0.3 is 29.8 Å². The highest BCUT2D eigenvalue weighted by molar-refractivity contribution is 7.91. The summed E-state index contributed by atoms with van der Waals surface area (Å²) in [5, 5.41) is 9.14. The fourth-order valence-corrected chi connectivity index (χ4v) is 8.44. The number of oxime groups is 1. The number of methoxy groups -OCH3 is 1. The lowest BCUT2D eigenvalue weighted by Gasteiger charge is -2.30. The fourth-order valence-electron chi connectivity index (χ4n) is 7.07. The number of nitrogens with one attached hydrogen (secondary N) is 3. The quantitative estimate of drug-likeness (QED) is 0.197. The summed E-state index contributed by atoms with van der Waals surface area (Å²) in [6.45, 7) is 0.000804. The molecule has 0 spiro atoms. The number of rotatable bonds is 9. The molecule has 1 aromatic rings. The smallest absolute Gasteiger partial charge is 0.408 e. The lowest BCUT2D eigenvalue weighted by atomic mass is 10.0. The molecule has 1 saturated heterocycles. The standard InChI is InChI=1S/C35H47N5O9S/c1-47-26-14-9-10-23(18-26)21-36-49-27-19-30-31(41)38-35(33(43)39-50(45,46)28-16-17-28)20-24(35)11-5-3-2-4-6-15-29(32(42)40(30)22-27)37-34(44)48-25-12-7-8-13-25/h5,9-11,14,18,21,24-25,27-30H,2-4,6-8,12-13,15-17,19-20,22H2,1H3,(H,37,44)(H,38,41)(H,39,43)/b11-5-,36-21+/t24?,27-,29+,30+,35-/m1/s1. The Hall–Kier alpha value is -4.14. The summed E-state index contributed by atoms with van der Waals surface area (Å²) in [6, 6.07) is 5.18. The van der Waals surface area contributed by atoms with Crippen LogP contribution in [0, 0.1) is 5.92 Å². The van der Waals surface area contributed by atoms with Crippen molar-refractivity contribution in [3.05, 3.63) is 42.0 Å². The summed E-state index contributed by atoms with van der Waals surface area (Å²) >= 11 is 0. The average Bonchev–Trinajstić information content (AvgIpc) is 3.96. The first kappa shape index (κ1) is 35.7. The third-order valence-corrected chi connectivity index (χ3v) is 12.0. The second-order valence-corrected chi connectivity index (χ2v) is 16.0. The second kappa shape index (κ2) is 15.4. The SMILES string of the molecule is COc1cccc(/C=N/O[C@@H]2C[C@H]3C(=O)N[C@]4(C(=O)NS(=O)(=O)C5CC5)CC4/C=C\CCCCC[C@H](NC(=O)OC4CCCC4)C(=O)N3C2)c1. The highest BCUT2D eigenvalue weighted by atomic mass is 32.2. The summed E-state index contributed by atoms with van der Waals surface area (Å²) in [5.74, 6) is -1.62. The number of fused-ring (bicyclic) bond motifs is 2. The molecule has 3 N–H and O–H groups in total. The Kier molecular flexibility index (Phi) is 11.0. The van der Waals surface area contributed by atoms with Gasteiger partial charge in [0.2, 0.25) is 21.8 Å². The van der Waals surface area contributed by atoms with E-state index in [0.29, 0.717) is 37.9 Å². The minimum atomic E-state index is -3.87. The van der Waals surface area contributed by atoms with E-state index >= 15 is 0 Å². The molecule has 3 saturated carbocycles. The van der Waals surface area contributed by atoms with Gasteiger partial charge in [-0.15, -0.1) is 0 Å². The highest BCUT2D eigenvalue weighted by Crippen LogP contribution is 2.46. The van der Waals surface area contributed by atoms with Gasteiger partial charge in [-0.2, -0.15) is 0 Å². The number of alkyl carbamates (subject to hydrolysis) is 1. The van der Waals surface area contributed by atoms with Gasteiger partial charge in [0.05, 0.1) is 25.1 Å². The molecule has 4 amide bonds. The first-order chi connectivity index (χ1) is 24.1. The molecule has 1 aromatic carbocycles. The van der Waals surface area contributed by atoms with Crippen molar-refractivity contribution >= 4 is 40.1 Å². The molecule has 15 heteroatoms. The van der Waals surface area contributed by atoms with Crippen LogP contribution < -0.4 is 20.1 Å². The molecule has 14 nitrogen and oxygen atoms in total. The van der Waals surface area contributed by atoms with Gasteiger partial charge in [-0.1, -0.05) is 42.3 Å². The number of carbonyl (C=O) groups is 4. The molecule has 1 unspecified atom stereocenters. The van der Waals surface area contributed by atoms with Crippen LogP contribution in [0.5, 0.6) is 5.75 Å². The van der Waals surface area contributed by atoms with Crippen molar-refractivity contribution in [2.24, 2.45) is 11.1 Å². The molecule has 2 aliphatic heterocycles. The van der Waals surface area contributed by atoms with Gasteiger partial charge >= 0.3 is 6.09 Å². The van der Waals surface area contributed by atoms with Crippen molar-refractivity contribution in [2.45, 2.75) is 119 Å². The molecule has 5 atom stereocenters. The lowest BCUT2D eigenvalue weighted by Crippen LogP contribution is -2.58. The molecule has 0 bridgehead atoms.